The quantitative estimate of drug-likeness (QED) is 0.766. The lowest BCUT2D eigenvalue weighted by atomic mass is 9.85. The number of ether oxygens (including phenoxy) is 1. The second-order valence-corrected chi connectivity index (χ2v) is 7.98. The number of hydrogen-bond acceptors (Lipinski definition) is 4. The molecule has 0 radical (unpaired) electrons. The first-order valence-electron chi connectivity index (χ1n) is 10.3. The van der Waals surface area contributed by atoms with Crippen molar-refractivity contribution in [2.75, 3.05) is 25.0 Å². The summed E-state index contributed by atoms with van der Waals surface area (Å²) in [6.45, 7) is 4.22. The van der Waals surface area contributed by atoms with Crippen LogP contribution >= 0.6 is 0 Å². The number of aromatic nitrogens is 3. The van der Waals surface area contributed by atoms with Gasteiger partial charge in [-0.1, -0.05) is 18.6 Å². The third kappa shape index (κ3) is 4.90. The fraction of sp³-hybridized carbons (Fsp3) is 0.571. The van der Waals surface area contributed by atoms with E-state index in [2.05, 4.69) is 20.5 Å². The number of amides is 2. The molecule has 2 N–H and O–H groups in total. The maximum absolute atomic E-state index is 12.9. The van der Waals surface area contributed by atoms with E-state index >= 15 is 0 Å². The smallest absolute Gasteiger partial charge is 0.321 e. The lowest BCUT2D eigenvalue weighted by Gasteiger charge is -2.33. The molecule has 1 aromatic carbocycles. The number of nitrogens with zero attached hydrogens (tertiary/aromatic N) is 3. The molecule has 7 heteroatoms. The molecule has 1 aromatic heterocycles. The molecule has 2 heterocycles. The number of carbonyl (C=O) groups is 1. The fourth-order valence-corrected chi connectivity index (χ4v) is 3.82. The van der Waals surface area contributed by atoms with Gasteiger partial charge < -0.3 is 15.0 Å². The van der Waals surface area contributed by atoms with Crippen LogP contribution in [0.3, 0.4) is 0 Å². The van der Waals surface area contributed by atoms with Crippen molar-refractivity contribution >= 4 is 11.7 Å². The Balaban J connectivity index is 1.35. The third-order valence-electron chi connectivity index (χ3n) is 5.65. The van der Waals surface area contributed by atoms with Crippen molar-refractivity contribution in [3.8, 4) is 0 Å². The summed E-state index contributed by atoms with van der Waals surface area (Å²) in [6.07, 6.45) is 6.73. The highest BCUT2D eigenvalue weighted by Gasteiger charge is 2.27. The van der Waals surface area contributed by atoms with Crippen LogP contribution in [0.1, 0.15) is 49.3 Å². The number of aryl methyl sites for hydroxylation is 1. The minimum absolute atomic E-state index is 0.0280. The fourth-order valence-electron chi connectivity index (χ4n) is 3.82. The number of rotatable bonds is 7. The third-order valence-corrected chi connectivity index (χ3v) is 5.65. The SMILES string of the molecule is Cc1nc(Cc2ccc(NC(=O)N(CC3CCC3)CC3CCCO3)cc2)n[nH]1. The molecule has 1 unspecified atom stereocenters. The molecule has 4 rings (SSSR count). The van der Waals surface area contributed by atoms with Crippen molar-refractivity contribution in [1.82, 2.24) is 20.1 Å². The van der Waals surface area contributed by atoms with Crippen LogP contribution in [0.5, 0.6) is 0 Å². The maximum atomic E-state index is 12.9. The van der Waals surface area contributed by atoms with E-state index in [0.29, 0.717) is 18.9 Å². The number of nitrogens with one attached hydrogen (secondary N) is 2. The number of anilines is 1. The predicted octanol–water partition coefficient (Wildman–Crippen LogP) is 3.52. The predicted molar refractivity (Wildman–Crippen MR) is 107 cm³/mol. The highest BCUT2D eigenvalue weighted by Crippen LogP contribution is 2.28. The number of benzene rings is 1. The van der Waals surface area contributed by atoms with Crippen LogP contribution in [0, 0.1) is 12.8 Å². The molecular weight excluding hydrogens is 354 g/mol. The molecule has 7 nitrogen and oxygen atoms in total. The van der Waals surface area contributed by atoms with Gasteiger partial charge in [0.05, 0.1) is 6.10 Å². The maximum Gasteiger partial charge on any atom is 0.321 e. The van der Waals surface area contributed by atoms with E-state index in [-0.39, 0.29) is 12.1 Å². The highest BCUT2D eigenvalue weighted by atomic mass is 16.5. The van der Waals surface area contributed by atoms with Crippen molar-refractivity contribution in [2.24, 2.45) is 5.92 Å². The number of urea groups is 1. The molecular formula is C21H29N5O2. The van der Waals surface area contributed by atoms with Crippen molar-refractivity contribution in [3.63, 3.8) is 0 Å². The summed E-state index contributed by atoms with van der Waals surface area (Å²) in [5.74, 6) is 2.23. The van der Waals surface area contributed by atoms with Gasteiger partial charge in [0, 0.05) is 31.8 Å². The Kier molecular flexibility index (Phi) is 5.90. The number of carbonyl (C=O) groups excluding carboxylic acids is 1. The number of aromatic amines is 1. The summed E-state index contributed by atoms with van der Waals surface area (Å²) in [5, 5.41) is 10.1. The largest absolute Gasteiger partial charge is 0.376 e. The molecule has 28 heavy (non-hydrogen) atoms. The Bertz CT molecular complexity index is 778. The Morgan fingerprint density at radius 1 is 1.21 bits per heavy atom. The van der Waals surface area contributed by atoms with Crippen LogP contribution in [-0.4, -0.2) is 51.9 Å². The van der Waals surface area contributed by atoms with Crippen molar-refractivity contribution in [2.45, 2.75) is 51.6 Å². The van der Waals surface area contributed by atoms with Gasteiger partial charge in [0.15, 0.2) is 5.82 Å². The monoisotopic (exact) mass is 383 g/mol. The average Bonchev–Trinajstić information content (AvgIpc) is 3.30. The van der Waals surface area contributed by atoms with Gasteiger partial charge in [0.1, 0.15) is 5.82 Å². The van der Waals surface area contributed by atoms with Gasteiger partial charge in [0.2, 0.25) is 0 Å². The Morgan fingerprint density at radius 2 is 2.04 bits per heavy atom. The second-order valence-electron chi connectivity index (χ2n) is 7.98. The van der Waals surface area contributed by atoms with E-state index in [0.717, 1.165) is 48.9 Å². The minimum Gasteiger partial charge on any atom is -0.376 e. The Morgan fingerprint density at radius 3 is 2.64 bits per heavy atom. The van der Waals surface area contributed by atoms with E-state index in [1.165, 1.54) is 19.3 Å². The summed E-state index contributed by atoms with van der Waals surface area (Å²) in [6, 6.07) is 7.88. The van der Waals surface area contributed by atoms with Crippen molar-refractivity contribution in [1.29, 1.82) is 0 Å². The van der Waals surface area contributed by atoms with Crippen LogP contribution in [0.15, 0.2) is 24.3 Å². The zero-order chi connectivity index (χ0) is 19.3. The van der Waals surface area contributed by atoms with E-state index in [1.807, 2.05) is 36.1 Å². The normalized spacial score (nSPS) is 19.4. The number of H-pyrrole nitrogens is 1. The minimum atomic E-state index is -0.0280. The topological polar surface area (TPSA) is 83.1 Å². The molecule has 1 aliphatic carbocycles. The molecule has 1 atom stereocenters. The van der Waals surface area contributed by atoms with Gasteiger partial charge in [-0.05, 0) is 56.2 Å². The first-order chi connectivity index (χ1) is 13.7. The van der Waals surface area contributed by atoms with E-state index in [9.17, 15) is 4.79 Å². The summed E-state index contributed by atoms with van der Waals surface area (Å²) >= 11 is 0. The molecule has 1 aliphatic heterocycles. The average molecular weight is 383 g/mol. The molecule has 150 valence electrons. The van der Waals surface area contributed by atoms with E-state index in [4.69, 9.17) is 4.74 Å². The van der Waals surface area contributed by atoms with E-state index in [1.54, 1.807) is 0 Å². The number of hydrogen-bond donors (Lipinski definition) is 2. The molecule has 2 fully saturated rings. The summed E-state index contributed by atoms with van der Waals surface area (Å²) in [4.78, 5) is 19.2. The Hall–Kier alpha value is -2.41. The van der Waals surface area contributed by atoms with Gasteiger partial charge >= 0.3 is 6.03 Å². The standard InChI is InChI=1S/C21H29N5O2/c1-15-22-20(25-24-15)12-16-7-9-18(10-8-16)23-21(27)26(13-17-4-2-5-17)14-19-6-3-11-28-19/h7-10,17,19H,2-6,11-14H2,1H3,(H,23,27)(H,22,24,25). The van der Waals surface area contributed by atoms with Gasteiger partial charge in [-0.15, -0.1) is 0 Å². The molecule has 2 aromatic rings. The summed E-state index contributed by atoms with van der Waals surface area (Å²) in [5.41, 5.74) is 1.92. The van der Waals surface area contributed by atoms with Crippen LogP contribution in [0.2, 0.25) is 0 Å². The first-order valence-corrected chi connectivity index (χ1v) is 10.3. The van der Waals surface area contributed by atoms with Crippen molar-refractivity contribution < 1.29 is 9.53 Å². The zero-order valence-electron chi connectivity index (χ0n) is 16.5. The Labute approximate surface area is 165 Å². The molecule has 2 aliphatic rings. The molecule has 1 saturated heterocycles. The van der Waals surface area contributed by atoms with Crippen LogP contribution in [0.25, 0.3) is 0 Å². The zero-order valence-corrected chi connectivity index (χ0v) is 16.5. The molecule has 2 amide bonds. The molecule has 0 spiro atoms. The first kappa shape index (κ1) is 18.9. The van der Waals surface area contributed by atoms with Gasteiger partial charge in [-0.2, -0.15) is 5.10 Å². The lowest BCUT2D eigenvalue weighted by Crippen LogP contribution is -2.44. The lowest BCUT2D eigenvalue weighted by molar-refractivity contribution is 0.0748. The highest BCUT2D eigenvalue weighted by molar-refractivity contribution is 5.89. The van der Waals surface area contributed by atoms with E-state index < -0.39 is 0 Å². The molecule has 0 bridgehead atoms. The van der Waals surface area contributed by atoms with Crippen LogP contribution in [-0.2, 0) is 11.2 Å². The van der Waals surface area contributed by atoms with Crippen LogP contribution in [0.4, 0.5) is 10.5 Å². The molecule has 1 saturated carbocycles. The van der Waals surface area contributed by atoms with Crippen molar-refractivity contribution in [3.05, 3.63) is 41.5 Å². The van der Waals surface area contributed by atoms with Crippen LogP contribution < -0.4 is 5.32 Å². The van der Waals surface area contributed by atoms with Gasteiger partial charge in [-0.25, -0.2) is 9.78 Å². The van der Waals surface area contributed by atoms with Gasteiger partial charge in [0.25, 0.3) is 0 Å². The summed E-state index contributed by atoms with van der Waals surface area (Å²) < 4.78 is 5.76. The second kappa shape index (κ2) is 8.73. The summed E-state index contributed by atoms with van der Waals surface area (Å²) in [7, 11) is 0. The van der Waals surface area contributed by atoms with Gasteiger partial charge in [-0.3, -0.25) is 5.10 Å².